The number of piperidine rings is 1. The lowest BCUT2D eigenvalue weighted by Gasteiger charge is -2.38. The summed E-state index contributed by atoms with van der Waals surface area (Å²) in [5.41, 5.74) is 0.728. The van der Waals surface area contributed by atoms with Gasteiger partial charge >= 0.3 is 0 Å². The summed E-state index contributed by atoms with van der Waals surface area (Å²) in [5, 5.41) is 20.9. The average molecular weight is 432 g/mol. The van der Waals surface area contributed by atoms with Gasteiger partial charge in [0.2, 0.25) is 0 Å². The first-order chi connectivity index (χ1) is 14.0. The van der Waals surface area contributed by atoms with Gasteiger partial charge in [-0.05, 0) is 30.5 Å². The van der Waals surface area contributed by atoms with Crippen molar-refractivity contribution in [3.05, 3.63) is 81.9 Å². The third-order valence-electron chi connectivity index (χ3n) is 5.14. The predicted molar refractivity (Wildman–Crippen MR) is 119 cm³/mol. The second-order valence-electron chi connectivity index (χ2n) is 7.21. The fraction of sp³-hybridized carbons (Fsp3) is 0.348. The van der Waals surface area contributed by atoms with Gasteiger partial charge in [-0.2, -0.15) is 0 Å². The summed E-state index contributed by atoms with van der Waals surface area (Å²) in [7, 11) is 0. The van der Waals surface area contributed by atoms with Crippen LogP contribution in [0.15, 0.2) is 65.7 Å². The Labute approximate surface area is 181 Å². The first kappa shape index (κ1) is 21.9. The smallest absolute Gasteiger partial charge is 0.167 e. The van der Waals surface area contributed by atoms with Crippen LogP contribution in [0.2, 0.25) is 5.02 Å². The number of Topliss-reactive ketones (excluding diaryl/α,β-unsaturated/α-hetero) is 1. The lowest BCUT2D eigenvalue weighted by Crippen LogP contribution is -2.40. The minimum Gasteiger partial charge on any atom is -0.396 e. The molecule has 0 spiro atoms. The van der Waals surface area contributed by atoms with E-state index in [1.165, 1.54) is 11.8 Å². The van der Waals surface area contributed by atoms with Crippen LogP contribution in [0.1, 0.15) is 35.2 Å². The van der Waals surface area contributed by atoms with Gasteiger partial charge < -0.3 is 15.1 Å². The molecule has 29 heavy (non-hydrogen) atoms. The van der Waals surface area contributed by atoms with Gasteiger partial charge in [-0.3, -0.25) is 4.79 Å². The maximum absolute atomic E-state index is 12.6. The lowest BCUT2D eigenvalue weighted by atomic mass is 9.84. The molecule has 0 unspecified atom stereocenters. The molecular formula is C23H26ClNO3S. The number of benzene rings is 2. The van der Waals surface area contributed by atoms with Crippen LogP contribution in [0, 0.1) is 0 Å². The van der Waals surface area contributed by atoms with E-state index in [4.69, 9.17) is 11.6 Å². The molecule has 0 radical (unpaired) electrons. The van der Waals surface area contributed by atoms with E-state index < -0.39 is 5.60 Å². The van der Waals surface area contributed by atoms with Crippen molar-refractivity contribution in [3.8, 4) is 0 Å². The van der Waals surface area contributed by atoms with Crippen molar-refractivity contribution in [1.82, 2.24) is 4.90 Å². The van der Waals surface area contributed by atoms with Gasteiger partial charge in [-0.15, -0.1) is 11.8 Å². The van der Waals surface area contributed by atoms with E-state index >= 15 is 0 Å². The SMILES string of the molecule is O=C(C/C(=C/N1CCC(O)(c2ccc(Cl)cc2)CC1)SCCO)c1ccccc1. The number of carbonyl (C=O) groups excluding carboxylic acids is 1. The highest BCUT2D eigenvalue weighted by Gasteiger charge is 2.33. The maximum Gasteiger partial charge on any atom is 0.167 e. The topological polar surface area (TPSA) is 60.8 Å². The summed E-state index contributed by atoms with van der Waals surface area (Å²) in [5.74, 6) is 0.619. The van der Waals surface area contributed by atoms with Crippen LogP contribution in [0.25, 0.3) is 0 Å². The van der Waals surface area contributed by atoms with E-state index in [1.807, 2.05) is 48.7 Å². The first-order valence-electron chi connectivity index (χ1n) is 9.75. The van der Waals surface area contributed by atoms with Gasteiger partial charge in [0.15, 0.2) is 5.78 Å². The number of aliphatic hydroxyl groups excluding tert-OH is 1. The number of halogens is 1. The Hall–Kier alpha value is -1.79. The van der Waals surface area contributed by atoms with Crippen molar-refractivity contribution in [1.29, 1.82) is 0 Å². The molecule has 0 atom stereocenters. The first-order valence-corrected chi connectivity index (χ1v) is 11.1. The largest absolute Gasteiger partial charge is 0.396 e. The van der Waals surface area contributed by atoms with Gasteiger partial charge in [-0.1, -0.05) is 54.1 Å². The second kappa shape index (κ2) is 10.3. The van der Waals surface area contributed by atoms with Gasteiger partial charge in [0.25, 0.3) is 0 Å². The molecule has 2 aromatic rings. The van der Waals surface area contributed by atoms with Crippen molar-refractivity contribution in [3.63, 3.8) is 0 Å². The lowest BCUT2D eigenvalue weighted by molar-refractivity contribution is -0.0162. The number of likely N-dealkylation sites (tertiary alicyclic amines) is 1. The van der Waals surface area contributed by atoms with Crippen LogP contribution >= 0.6 is 23.4 Å². The summed E-state index contributed by atoms with van der Waals surface area (Å²) >= 11 is 7.47. The summed E-state index contributed by atoms with van der Waals surface area (Å²) in [4.78, 5) is 15.7. The number of aliphatic hydroxyl groups is 2. The fourth-order valence-corrected chi connectivity index (χ4v) is 4.41. The van der Waals surface area contributed by atoms with E-state index in [9.17, 15) is 15.0 Å². The molecule has 4 nitrogen and oxygen atoms in total. The molecule has 6 heteroatoms. The van der Waals surface area contributed by atoms with Crippen molar-refractivity contribution in [2.75, 3.05) is 25.4 Å². The molecule has 0 aliphatic carbocycles. The third kappa shape index (κ3) is 6.09. The molecule has 0 saturated carbocycles. The standard InChI is InChI=1S/C23H26ClNO3S/c24-20-8-6-19(7-9-20)23(28)10-12-25(13-11-23)17-21(29-15-14-26)16-22(27)18-4-2-1-3-5-18/h1-9,17,26,28H,10-16H2/b21-17-. The van der Waals surface area contributed by atoms with Crippen LogP contribution in [0.5, 0.6) is 0 Å². The van der Waals surface area contributed by atoms with Gasteiger partial charge in [-0.25, -0.2) is 0 Å². The van der Waals surface area contributed by atoms with E-state index in [1.54, 1.807) is 12.1 Å². The molecule has 1 aliphatic heterocycles. The monoisotopic (exact) mass is 431 g/mol. The molecule has 1 heterocycles. The number of hydrogen-bond donors (Lipinski definition) is 2. The number of allylic oxidation sites excluding steroid dienone is 1. The molecule has 0 bridgehead atoms. The van der Waals surface area contributed by atoms with E-state index in [0.717, 1.165) is 10.5 Å². The molecule has 1 saturated heterocycles. The Morgan fingerprint density at radius 3 is 2.38 bits per heavy atom. The summed E-state index contributed by atoms with van der Waals surface area (Å²) in [6.45, 7) is 1.46. The summed E-state index contributed by atoms with van der Waals surface area (Å²) in [6.07, 6.45) is 3.54. The minimum atomic E-state index is -0.854. The number of rotatable bonds is 8. The van der Waals surface area contributed by atoms with Crippen LogP contribution in [0.4, 0.5) is 0 Å². The Morgan fingerprint density at radius 1 is 1.10 bits per heavy atom. The van der Waals surface area contributed by atoms with Crippen LogP contribution < -0.4 is 0 Å². The van der Waals surface area contributed by atoms with Gasteiger partial charge in [0.05, 0.1) is 12.2 Å². The van der Waals surface area contributed by atoms with Crippen molar-refractivity contribution >= 4 is 29.1 Å². The normalized spacial score (nSPS) is 16.7. The van der Waals surface area contributed by atoms with E-state index in [2.05, 4.69) is 4.90 Å². The van der Waals surface area contributed by atoms with Crippen molar-refractivity contribution in [2.24, 2.45) is 0 Å². The third-order valence-corrected chi connectivity index (χ3v) is 6.40. The second-order valence-corrected chi connectivity index (χ2v) is 8.87. The molecule has 0 amide bonds. The van der Waals surface area contributed by atoms with Crippen molar-refractivity contribution < 1.29 is 15.0 Å². The summed E-state index contributed by atoms with van der Waals surface area (Å²) in [6, 6.07) is 16.6. The number of hydrogen-bond acceptors (Lipinski definition) is 5. The number of carbonyl (C=O) groups is 1. The highest BCUT2D eigenvalue weighted by atomic mass is 35.5. The summed E-state index contributed by atoms with van der Waals surface area (Å²) < 4.78 is 0. The highest BCUT2D eigenvalue weighted by Crippen LogP contribution is 2.34. The van der Waals surface area contributed by atoms with Crippen LogP contribution in [-0.2, 0) is 5.60 Å². The maximum atomic E-state index is 12.6. The zero-order chi connectivity index (χ0) is 20.7. The molecule has 3 rings (SSSR count). The van der Waals surface area contributed by atoms with Crippen LogP contribution in [-0.4, -0.2) is 46.3 Å². The molecule has 1 aliphatic rings. The number of nitrogens with zero attached hydrogens (tertiary/aromatic N) is 1. The zero-order valence-corrected chi connectivity index (χ0v) is 17.8. The highest BCUT2D eigenvalue weighted by molar-refractivity contribution is 8.03. The molecule has 154 valence electrons. The van der Waals surface area contributed by atoms with E-state index in [0.29, 0.717) is 48.7 Å². The predicted octanol–water partition coefficient (Wildman–Crippen LogP) is 4.46. The average Bonchev–Trinajstić information content (AvgIpc) is 2.74. The molecule has 1 fully saturated rings. The fourth-order valence-electron chi connectivity index (χ4n) is 3.47. The van der Waals surface area contributed by atoms with Gasteiger partial charge in [0.1, 0.15) is 0 Å². The number of thioether (sulfide) groups is 1. The van der Waals surface area contributed by atoms with E-state index in [-0.39, 0.29) is 12.4 Å². The Balaban J connectivity index is 1.65. The Kier molecular flexibility index (Phi) is 7.78. The quantitative estimate of drug-likeness (QED) is 0.604. The zero-order valence-electron chi connectivity index (χ0n) is 16.3. The minimum absolute atomic E-state index is 0.0666. The Morgan fingerprint density at radius 2 is 1.76 bits per heavy atom. The van der Waals surface area contributed by atoms with Gasteiger partial charge in [0, 0.05) is 47.0 Å². The molecular weight excluding hydrogens is 406 g/mol. The Bertz CT molecular complexity index is 831. The molecule has 0 aromatic heterocycles. The number of ketones is 1. The molecule has 2 N–H and O–H groups in total. The van der Waals surface area contributed by atoms with Crippen molar-refractivity contribution in [2.45, 2.75) is 24.9 Å². The van der Waals surface area contributed by atoms with Crippen LogP contribution in [0.3, 0.4) is 0 Å². The molecule has 2 aromatic carbocycles.